The van der Waals surface area contributed by atoms with E-state index in [0.717, 1.165) is 11.1 Å². The van der Waals surface area contributed by atoms with E-state index in [4.69, 9.17) is 9.47 Å². The van der Waals surface area contributed by atoms with Gasteiger partial charge in [0.25, 0.3) is 5.91 Å². The molecule has 1 amide bonds. The molecule has 0 aliphatic carbocycles. The second-order valence-electron chi connectivity index (χ2n) is 7.46. The number of ether oxygens (including phenoxy) is 2. The van der Waals surface area contributed by atoms with Gasteiger partial charge in [-0.25, -0.2) is 8.42 Å². The number of sulfonamides is 1. The van der Waals surface area contributed by atoms with Crippen LogP contribution in [0.3, 0.4) is 0 Å². The second-order valence-corrected chi connectivity index (χ2v) is 9.36. The van der Waals surface area contributed by atoms with Gasteiger partial charge < -0.3 is 14.8 Å². The van der Waals surface area contributed by atoms with Gasteiger partial charge in [-0.2, -0.15) is 4.31 Å². The minimum Gasteiger partial charge on any atom is -0.496 e. The van der Waals surface area contributed by atoms with Crippen molar-refractivity contribution in [3.8, 4) is 11.5 Å². The third-order valence-electron chi connectivity index (χ3n) is 5.39. The summed E-state index contributed by atoms with van der Waals surface area (Å²) in [4.78, 5) is 13.2. The molecule has 0 bridgehead atoms. The maximum Gasteiger partial charge on any atom is 0.259 e. The smallest absolute Gasteiger partial charge is 0.259 e. The fourth-order valence-corrected chi connectivity index (χ4v) is 5.48. The molecule has 0 unspecified atom stereocenters. The normalized spacial score (nSPS) is 15.6. The van der Waals surface area contributed by atoms with Crippen LogP contribution in [0.2, 0.25) is 0 Å². The van der Waals surface area contributed by atoms with E-state index >= 15 is 0 Å². The molecule has 2 aromatic rings. The highest BCUT2D eigenvalue weighted by Gasteiger charge is 2.31. The Hall–Kier alpha value is -2.58. The number of hydrogen-bond donors (Lipinski definition) is 1. The lowest BCUT2D eigenvalue weighted by Crippen LogP contribution is -2.46. The van der Waals surface area contributed by atoms with E-state index in [0.29, 0.717) is 47.9 Å². The first kappa shape index (κ1) is 22.1. The number of hydrogen-bond acceptors (Lipinski definition) is 5. The molecule has 7 nitrogen and oxygen atoms in total. The quantitative estimate of drug-likeness (QED) is 0.759. The number of rotatable bonds is 6. The summed E-state index contributed by atoms with van der Waals surface area (Å²) in [6.07, 6.45) is 1.07. The summed E-state index contributed by atoms with van der Waals surface area (Å²) in [5.74, 6) is 0.573. The molecule has 3 rings (SSSR count). The van der Waals surface area contributed by atoms with Crippen LogP contribution < -0.4 is 14.8 Å². The largest absolute Gasteiger partial charge is 0.496 e. The topological polar surface area (TPSA) is 84.9 Å². The average Bonchev–Trinajstić information content (AvgIpc) is 2.73. The zero-order chi connectivity index (χ0) is 21.9. The minimum atomic E-state index is -3.55. The van der Waals surface area contributed by atoms with Crippen LogP contribution in [0.1, 0.15) is 34.3 Å². The van der Waals surface area contributed by atoms with Crippen molar-refractivity contribution >= 4 is 15.9 Å². The third kappa shape index (κ3) is 4.44. The first-order valence-corrected chi connectivity index (χ1v) is 11.3. The third-order valence-corrected chi connectivity index (χ3v) is 7.45. The monoisotopic (exact) mass is 432 g/mol. The molecule has 162 valence electrons. The van der Waals surface area contributed by atoms with Crippen molar-refractivity contribution in [2.24, 2.45) is 0 Å². The standard InChI is InChI=1S/C22H28N2O5S/c1-15-8-9-20(16(2)14-15)30(26,27)24-12-10-17(11-13-24)23-22(25)21-18(28-3)6-5-7-19(21)29-4/h5-9,14,17H,10-13H2,1-4H3,(H,23,25). The minimum absolute atomic E-state index is 0.127. The van der Waals surface area contributed by atoms with Gasteiger partial charge >= 0.3 is 0 Å². The van der Waals surface area contributed by atoms with E-state index in [1.807, 2.05) is 26.0 Å². The van der Waals surface area contributed by atoms with Gasteiger partial charge in [-0.05, 0) is 50.5 Å². The van der Waals surface area contributed by atoms with Crippen molar-refractivity contribution in [3.63, 3.8) is 0 Å². The van der Waals surface area contributed by atoms with Crippen molar-refractivity contribution in [3.05, 3.63) is 53.1 Å². The van der Waals surface area contributed by atoms with Crippen molar-refractivity contribution < 1.29 is 22.7 Å². The van der Waals surface area contributed by atoms with Crippen LogP contribution >= 0.6 is 0 Å². The molecule has 0 aromatic heterocycles. The summed E-state index contributed by atoms with van der Waals surface area (Å²) in [5.41, 5.74) is 2.11. The van der Waals surface area contributed by atoms with Crippen molar-refractivity contribution in [2.75, 3.05) is 27.3 Å². The number of piperidine rings is 1. The highest BCUT2D eigenvalue weighted by Crippen LogP contribution is 2.29. The van der Waals surface area contributed by atoms with Gasteiger partial charge in [0.1, 0.15) is 17.1 Å². The first-order valence-electron chi connectivity index (χ1n) is 9.87. The molecule has 1 fully saturated rings. The van der Waals surface area contributed by atoms with E-state index in [1.165, 1.54) is 18.5 Å². The van der Waals surface area contributed by atoms with Crippen LogP contribution in [0.4, 0.5) is 0 Å². The zero-order valence-corrected chi connectivity index (χ0v) is 18.6. The zero-order valence-electron chi connectivity index (χ0n) is 17.8. The summed E-state index contributed by atoms with van der Waals surface area (Å²) in [6.45, 7) is 4.45. The van der Waals surface area contributed by atoms with Gasteiger partial charge in [0.05, 0.1) is 19.1 Å². The van der Waals surface area contributed by atoms with Crippen LogP contribution in [-0.4, -0.2) is 52.0 Å². The lowest BCUT2D eigenvalue weighted by molar-refractivity contribution is 0.0917. The molecule has 0 spiro atoms. The molecular weight excluding hydrogens is 404 g/mol. The number of benzene rings is 2. The fourth-order valence-electron chi connectivity index (χ4n) is 3.80. The van der Waals surface area contributed by atoms with Gasteiger partial charge in [-0.15, -0.1) is 0 Å². The Morgan fingerprint density at radius 3 is 2.17 bits per heavy atom. The number of nitrogens with one attached hydrogen (secondary N) is 1. The summed E-state index contributed by atoms with van der Waals surface area (Å²) in [5, 5.41) is 2.99. The van der Waals surface area contributed by atoms with E-state index in [-0.39, 0.29) is 11.9 Å². The molecular formula is C22H28N2O5S. The van der Waals surface area contributed by atoms with E-state index in [9.17, 15) is 13.2 Å². The van der Waals surface area contributed by atoms with Gasteiger partial charge in [0.15, 0.2) is 0 Å². The summed E-state index contributed by atoms with van der Waals surface area (Å²) in [6, 6.07) is 10.4. The lowest BCUT2D eigenvalue weighted by Gasteiger charge is -2.32. The van der Waals surface area contributed by atoms with Crippen LogP contribution in [0, 0.1) is 13.8 Å². The molecule has 1 heterocycles. The summed E-state index contributed by atoms with van der Waals surface area (Å²) in [7, 11) is -0.550. The van der Waals surface area contributed by atoms with E-state index < -0.39 is 10.0 Å². The number of amides is 1. The SMILES string of the molecule is COc1cccc(OC)c1C(=O)NC1CCN(S(=O)(=O)c2ccc(C)cc2C)CC1. The Morgan fingerprint density at radius 2 is 1.63 bits per heavy atom. The Kier molecular flexibility index (Phi) is 6.67. The number of carbonyl (C=O) groups is 1. The second kappa shape index (κ2) is 9.06. The van der Waals surface area contributed by atoms with E-state index in [1.54, 1.807) is 24.3 Å². The average molecular weight is 433 g/mol. The Balaban J connectivity index is 1.68. The van der Waals surface area contributed by atoms with Crippen LogP contribution in [0.15, 0.2) is 41.3 Å². The molecule has 1 N–H and O–H groups in total. The predicted octanol–water partition coefficient (Wildman–Crippen LogP) is 2.90. The van der Waals surface area contributed by atoms with Gasteiger partial charge in [0.2, 0.25) is 10.0 Å². The maximum absolute atomic E-state index is 13.0. The van der Waals surface area contributed by atoms with Crippen molar-refractivity contribution in [1.82, 2.24) is 9.62 Å². The molecule has 0 atom stereocenters. The predicted molar refractivity (Wildman–Crippen MR) is 115 cm³/mol. The molecule has 0 radical (unpaired) electrons. The molecule has 2 aromatic carbocycles. The van der Waals surface area contributed by atoms with Crippen LogP contribution in [-0.2, 0) is 10.0 Å². The number of aryl methyl sites for hydroxylation is 2. The number of carbonyl (C=O) groups excluding carboxylic acids is 1. The fraction of sp³-hybridized carbons (Fsp3) is 0.409. The van der Waals surface area contributed by atoms with Crippen molar-refractivity contribution in [2.45, 2.75) is 37.6 Å². The molecule has 1 saturated heterocycles. The Labute approximate surface area is 178 Å². The number of nitrogens with zero attached hydrogens (tertiary/aromatic N) is 1. The van der Waals surface area contributed by atoms with Gasteiger partial charge in [0, 0.05) is 19.1 Å². The number of methoxy groups -OCH3 is 2. The molecule has 30 heavy (non-hydrogen) atoms. The summed E-state index contributed by atoms with van der Waals surface area (Å²) >= 11 is 0. The highest BCUT2D eigenvalue weighted by molar-refractivity contribution is 7.89. The molecule has 8 heteroatoms. The van der Waals surface area contributed by atoms with Crippen LogP contribution in [0.25, 0.3) is 0 Å². The molecule has 1 aliphatic heterocycles. The highest BCUT2D eigenvalue weighted by atomic mass is 32.2. The van der Waals surface area contributed by atoms with Crippen LogP contribution in [0.5, 0.6) is 11.5 Å². The lowest BCUT2D eigenvalue weighted by atomic mass is 10.1. The van der Waals surface area contributed by atoms with E-state index in [2.05, 4.69) is 5.32 Å². The Morgan fingerprint density at radius 1 is 1.03 bits per heavy atom. The molecule has 1 aliphatic rings. The first-order chi connectivity index (χ1) is 14.3. The van der Waals surface area contributed by atoms with Crippen molar-refractivity contribution in [1.29, 1.82) is 0 Å². The molecule has 0 saturated carbocycles. The maximum atomic E-state index is 13.0. The van der Waals surface area contributed by atoms with Gasteiger partial charge in [-0.1, -0.05) is 23.8 Å². The summed E-state index contributed by atoms with van der Waals surface area (Å²) < 4.78 is 38.2. The van der Waals surface area contributed by atoms with Gasteiger partial charge in [-0.3, -0.25) is 4.79 Å². The Bertz CT molecular complexity index is 1010.